The Bertz CT molecular complexity index is 589. The fraction of sp³-hybridized carbons (Fsp3) is 0.385. The average molecular weight is 358 g/mol. The number of hydrogen-bond donors (Lipinski definition) is 1. The van der Waals surface area contributed by atoms with Crippen LogP contribution < -0.4 is 5.32 Å². The van der Waals surface area contributed by atoms with Crippen LogP contribution in [-0.2, 0) is 17.3 Å². The van der Waals surface area contributed by atoms with E-state index in [4.69, 9.17) is 4.42 Å². The van der Waals surface area contributed by atoms with Crippen LogP contribution in [0.3, 0.4) is 0 Å². The second-order valence-corrected chi connectivity index (χ2v) is 6.81. The van der Waals surface area contributed by atoms with Crippen molar-refractivity contribution in [1.29, 1.82) is 0 Å². The number of nitrogens with zero attached hydrogens (tertiary/aromatic N) is 2. The summed E-state index contributed by atoms with van der Waals surface area (Å²) in [5.74, 6) is 2.35. The number of halogens is 1. The fourth-order valence-electron chi connectivity index (χ4n) is 1.59. The van der Waals surface area contributed by atoms with Gasteiger partial charge in [-0.05, 0) is 28.1 Å². The van der Waals surface area contributed by atoms with Gasteiger partial charge in [0.2, 0.25) is 11.8 Å². The van der Waals surface area contributed by atoms with E-state index in [1.54, 1.807) is 0 Å². The summed E-state index contributed by atoms with van der Waals surface area (Å²) in [5, 5.41) is 11.2. The predicted molar refractivity (Wildman–Crippen MR) is 82.7 cm³/mol. The van der Waals surface area contributed by atoms with Crippen molar-refractivity contribution in [3.8, 4) is 11.5 Å². The number of rotatable bonds is 7. The van der Waals surface area contributed by atoms with Crippen molar-refractivity contribution in [2.24, 2.45) is 0 Å². The molecule has 0 aliphatic rings. The maximum atomic E-state index is 11.3. The molecule has 0 fully saturated rings. The van der Waals surface area contributed by atoms with Crippen molar-refractivity contribution < 1.29 is 8.63 Å². The topological polar surface area (TPSA) is 68.0 Å². The van der Waals surface area contributed by atoms with E-state index in [0.717, 1.165) is 10.0 Å². The van der Waals surface area contributed by atoms with Gasteiger partial charge < -0.3 is 9.73 Å². The average Bonchev–Trinajstić information content (AvgIpc) is 2.92. The van der Waals surface area contributed by atoms with Crippen LogP contribution in [0.5, 0.6) is 0 Å². The van der Waals surface area contributed by atoms with Crippen LogP contribution in [0.15, 0.2) is 33.2 Å². The van der Waals surface area contributed by atoms with Gasteiger partial charge in [0.1, 0.15) is 0 Å². The fourth-order valence-corrected chi connectivity index (χ4v) is 2.71. The summed E-state index contributed by atoms with van der Waals surface area (Å²) in [6, 6.07) is 7.69. The third-order valence-electron chi connectivity index (χ3n) is 2.68. The van der Waals surface area contributed by atoms with E-state index in [1.807, 2.05) is 31.2 Å². The largest absolute Gasteiger partial charge is 0.419 e. The smallest absolute Gasteiger partial charge is 0.248 e. The molecular formula is C13H16BrN3O2S. The van der Waals surface area contributed by atoms with Gasteiger partial charge in [0.25, 0.3) is 0 Å². The molecule has 2 rings (SSSR count). The van der Waals surface area contributed by atoms with Crippen LogP contribution in [0.1, 0.15) is 12.8 Å². The first-order chi connectivity index (χ1) is 9.70. The second-order valence-electron chi connectivity index (χ2n) is 4.09. The Hall–Kier alpha value is -1.05. The van der Waals surface area contributed by atoms with Gasteiger partial charge >= 0.3 is 0 Å². The first kappa shape index (κ1) is 15.3. The molecule has 0 saturated heterocycles. The Balaban J connectivity index is 1.90. The molecule has 1 atom stereocenters. The van der Waals surface area contributed by atoms with Gasteiger partial charge in [0.05, 0.1) is 12.1 Å². The van der Waals surface area contributed by atoms with Gasteiger partial charge in [-0.25, -0.2) is 0 Å². The Morgan fingerprint density at radius 2 is 2.15 bits per heavy atom. The van der Waals surface area contributed by atoms with E-state index in [-0.39, 0.29) is 0 Å². The minimum Gasteiger partial charge on any atom is -0.419 e. The monoisotopic (exact) mass is 357 g/mol. The number of aromatic nitrogens is 2. The van der Waals surface area contributed by atoms with Crippen LogP contribution in [0.2, 0.25) is 0 Å². The summed E-state index contributed by atoms with van der Waals surface area (Å²) in [5.41, 5.74) is 0.873. The van der Waals surface area contributed by atoms with Crippen LogP contribution >= 0.6 is 15.9 Å². The normalized spacial score (nSPS) is 12.5. The van der Waals surface area contributed by atoms with Gasteiger partial charge in [0, 0.05) is 33.3 Å². The molecule has 1 unspecified atom stereocenters. The minimum absolute atomic E-state index is 0.484. The van der Waals surface area contributed by atoms with Crippen molar-refractivity contribution >= 4 is 26.7 Å². The maximum absolute atomic E-state index is 11.3. The maximum Gasteiger partial charge on any atom is 0.248 e. The van der Waals surface area contributed by atoms with Crippen LogP contribution in [0, 0.1) is 0 Å². The Morgan fingerprint density at radius 1 is 1.35 bits per heavy atom. The molecule has 0 saturated carbocycles. The Labute approximate surface area is 128 Å². The molecule has 20 heavy (non-hydrogen) atoms. The van der Waals surface area contributed by atoms with Crippen molar-refractivity contribution in [2.75, 3.05) is 18.1 Å². The molecule has 108 valence electrons. The SMILES string of the molecule is CCS(=O)CCNCc1nnc(-c2ccccc2Br)o1. The lowest BCUT2D eigenvalue weighted by atomic mass is 10.2. The van der Waals surface area contributed by atoms with E-state index < -0.39 is 10.8 Å². The van der Waals surface area contributed by atoms with Crippen molar-refractivity contribution in [2.45, 2.75) is 13.5 Å². The molecule has 2 aromatic rings. The zero-order valence-corrected chi connectivity index (χ0v) is 13.5. The van der Waals surface area contributed by atoms with Crippen LogP contribution in [-0.4, -0.2) is 32.5 Å². The summed E-state index contributed by atoms with van der Waals surface area (Å²) in [7, 11) is -0.748. The third-order valence-corrected chi connectivity index (χ3v) is 4.67. The lowest BCUT2D eigenvalue weighted by molar-refractivity contribution is 0.482. The third kappa shape index (κ3) is 4.22. The van der Waals surface area contributed by atoms with Gasteiger partial charge in [-0.15, -0.1) is 10.2 Å². The molecule has 5 nitrogen and oxygen atoms in total. The molecule has 7 heteroatoms. The van der Waals surface area contributed by atoms with Gasteiger partial charge in [-0.3, -0.25) is 4.21 Å². The van der Waals surface area contributed by atoms with Crippen molar-refractivity contribution in [3.63, 3.8) is 0 Å². The van der Waals surface area contributed by atoms with Gasteiger partial charge in [-0.1, -0.05) is 19.1 Å². The highest BCUT2D eigenvalue weighted by atomic mass is 79.9. The molecule has 0 aliphatic carbocycles. The quantitative estimate of drug-likeness (QED) is 0.770. The van der Waals surface area contributed by atoms with E-state index in [1.165, 1.54) is 0 Å². The first-order valence-corrected chi connectivity index (χ1v) is 8.61. The summed E-state index contributed by atoms with van der Waals surface area (Å²) in [6.07, 6.45) is 0. The highest BCUT2D eigenvalue weighted by molar-refractivity contribution is 9.10. The molecule has 1 heterocycles. The highest BCUT2D eigenvalue weighted by Crippen LogP contribution is 2.26. The van der Waals surface area contributed by atoms with E-state index in [0.29, 0.717) is 36.4 Å². The number of nitrogens with one attached hydrogen (secondary N) is 1. The molecule has 1 aromatic heterocycles. The second kappa shape index (κ2) is 7.66. The standard InChI is InChI=1S/C13H16BrN3O2S/c1-2-20(18)8-7-15-9-12-16-17-13(19-12)10-5-3-4-6-11(10)14/h3-6,15H,2,7-9H2,1H3. The van der Waals surface area contributed by atoms with Crippen molar-refractivity contribution in [3.05, 3.63) is 34.6 Å². The van der Waals surface area contributed by atoms with Crippen molar-refractivity contribution in [1.82, 2.24) is 15.5 Å². The molecule has 0 radical (unpaired) electrons. The van der Waals surface area contributed by atoms with E-state index in [9.17, 15) is 4.21 Å². The lowest BCUT2D eigenvalue weighted by Crippen LogP contribution is -2.20. The molecule has 0 spiro atoms. The Kier molecular flexibility index (Phi) is 5.87. The number of benzene rings is 1. The lowest BCUT2D eigenvalue weighted by Gasteiger charge is -2.00. The predicted octanol–water partition coefficient (Wildman–Crippen LogP) is 2.36. The molecule has 0 amide bonds. The molecular weight excluding hydrogens is 342 g/mol. The van der Waals surface area contributed by atoms with E-state index in [2.05, 4.69) is 31.4 Å². The highest BCUT2D eigenvalue weighted by Gasteiger charge is 2.10. The molecule has 0 aliphatic heterocycles. The van der Waals surface area contributed by atoms with Crippen LogP contribution in [0.4, 0.5) is 0 Å². The van der Waals surface area contributed by atoms with Gasteiger partial charge in [-0.2, -0.15) is 0 Å². The number of hydrogen-bond acceptors (Lipinski definition) is 5. The summed E-state index contributed by atoms with van der Waals surface area (Å²) in [4.78, 5) is 0. The molecule has 1 aromatic carbocycles. The van der Waals surface area contributed by atoms with E-state index >= 15 is 0 Å². The molecule has 1 N–H and O–H groups in total. The zero-order chi connectivity index (χ0) is 14.4. The Morgan fingerprint density at radius 3 is 2.90 bits per heavy atom. The summed E-state index contributed by atoms with van der Waals surface area (Å²) < 4.78 is 17.8. The van der Waals surface area contributed by atoms with Crippen LogP contribution in [0.25, 0.3) is 11.5 Å². The zero-order valence-electron chi connectivity index (χ0n) is 11.1. The molecule has 0 bridgehead atoms. The minimum atomic E-state index is -0.748. The first-order valence-electron chi connectivity index (χ1n) is 6.33. The summed E-state index contributed by atoms with van der Waals surface area (Å²) in [6.45, 7) is 3.07. The summed E-state index contributed by atoms with van der Waals surface area (Å²) >= 11 is 3.45. The van der Waals surface area contributed by atoms with Gasteiger partial charge in [0.15, 0.2) is 0 Å².